The molecule has 0 heterocycles. The minimum atomic E-state index is -0.746. The highest BCUT2D eigenvalue weighted by Crippen LogP contribution is 2.24. The molecule has 0 unspecified atom stereocenters. The van der Waals surface area contributed by atoms with Gasteiger partial charge in [-0.2, -0.15) is 0 Å². The zero-order valence-corrected chi connectivity index (χ0v) is 11.8. The minimum Gasteiger partial charge on any atom is -0.494 e. The maximum absolute atomic E-state index is 13.8. The molecule has 0 aliphatic heterocycles. The Kier molecular flexibility index (Phi) is 4.75. The summed E-state index contributed by atoms with van der Waals surface area (Å²) in [5.74, 6) is -0.868. The summed E-state index contributed by atoms with van der Waals surface area (Å²) >= 11 is 0. The van der Waals surface area contributed by atoms with E-state index in [4.69, 9.17) is 9.47 Å². The lowest BCUT2D eigenvalue weighted by molar-refractivity contribution is 0.198. The van der Waals surface area contributed by atoms with Gasteiger partial charge in [0.05, 0.1) is 13.2 Å². The van der Waals surface area contributed by atoms with Crippen molar-refractivity contribution in [1.82, 2.24) is 0 Å². The van der Waals surface area contributed by atoms with E-state index >= 15 is 0 Å². The summed E-state index contributed by atoms with van der Waals surface area (Å²) in [4.78, 5) is 0. The van der Waals surface area contributed by atoms with Gasteiger partial charge in [0.25, 0.3) is 0 Å². The third kappa shape index (κ3) is 3.70. The van der Waals surface area contributed by atoms with E-state index < -0.39 is 17.7 Å². The van der Waals surface area contributed by atoms with Crippen LogP contribution in [0.15, 0.2) is 36.4 Å². The van der Waals surface area contributed by atoms with Gasteiger partial charge >= 0.3 is 0 Å². The highest BCUT2D eigenvalue weighted by atomic mass is 19.1. The van der Waals surface area contributed by atoms with Crippen LogP contribution in [0.1, 0.15) is 24.2 Å². The minimum absolute atomic E-state index is 0.0336. The fraction of sp³-hybridized carbons (Fsp3) is 0.250. The number of aliphatic hydroxyl groups excluding tert-OH is 1. The number of hydrogen-bond donors (Lipinski definition) is 1. The van der Waals surface area contributed by atoms with Crippen molar-refractivity contribution >= 4 is 0 Å². The molecular formula is C16H16F2O3. The number of rotatable bonds is 5. The van der Waals surface area contributed by atoms with Gasteiger partial charge in [0, 0.05) is 0 Å². The Morgan fingerprint density at radius 1 is 1.05 bits per heavy atom. The summed E-state index contributed by atoms with van der Waals surface area (Å²) in [6, 6.07) is 8.65. The van der Waals surface area contributed by atoms with Crippen LogP contribution >= 0.6 is 0 Å². The van der Waals surface area contributed by atoms with Gasteiger partial charge in [0.2, 0.25) is 0 Å². The van der Waals surface area contributed by atoms with Crippen LogP contribution in [0.3, 0.4) is 0 Å². The van der Waals surface area contributed by atoms with Crippen molar-refractivity contribution in [2.75, 3.05) is 7.11 Å². The Morgan fingerprint density at radius 2 is 1.71 bits per heavy atom. The van der Waals surface area contributed by atoms with E-state index in [9.17, 15) is 13.9 Å². The number of ether oxygens (including phenoxy) is 2. The lowest BCUT2D eigenvalue weighted by Gasteiger charge is -2.10. The average molecular weight is 294 g/mol. The smallest absolute Gasteiger partial charge is 0.165 e. The second-order valence-corrected chi connectivity index (χ2v) is 4.62. The van der Waals surface area contributed by atoms with E-state index in [2.05, 4.69) is 0 Å². The molecule has 0 aromatic heterocycles. The lowest BCUT2D eigenvalue weighted by Crippen LogP contribution is -2.00. The average Bonchev–Trinajstić information content (AvgIpc) is 2.46. The lowest BCUT2D eigenvalue weighted by atomic mass is 10.1. The SMILES string of the molecule is COc1ccc(COc2ccc([C@H](C)O)cc2F)cc1F. The zero-order valence-electron chi connectivity index (χ0n) is 11.8. The Balaban J connectivity index is 2.08. The van der Waals surface area contributed by atoms with Crippen molar-refractivity contribution in [2.24, 2.45) is 0 Å². The molecule has 2 aromatic rings. The van der Waals surface area contributed by atoms with Gasteiger partial charge in [-0.05, 0) is 42.3 Å². The molecule has 1 N–H and O–H groups in total. The van der Waals surface area contributed by atoms with Crippen LogP contribution in [-0.2, 0) is 6.61 Å². The van der Waals surface area contributed by atoms with Crippen LogP contribution in [0.4, 0.5) is 8.78 Å². The van der Waals surface area contributed by atoms with Crippen molar-refractivity contribution in [2.45, 2.75) is 19.6 Å². The molecule has 0 bridgehead atoms. The maximum atomic E-state index is 13.8. The first kappa shape index (κ1) is 15.3. The van der Waals surface area contributed by atoms with Crippen LogP contribution in [0.5, 0.6) is 11.5 Å². The molecule has 1 atom stereocenters. The van der Waals surface area contributed by atoms with E-state index in [1.54, 1.807) is 19.1 Å². The summed E-state index contributed by atoms with van der Waals surface area (Å²) in [5, 5.41) is 9.37. The largest absolute Gasteiger partial charge is 0.494 e. The number of halogens is 2. The van der Waals surface area contributed by atoms with Crippen LogP contribution < -0.4 is 9.47 Å². The van der Waals surface area contributed by atoms with E-state index in [-0.39, 0.29) is 18.1 Å². The van der Waals surface area contributed by atoms with E-state index in [0.717, 1.165) is 0 Å². The number of benzene rings is 2. The van der Waals surface area contributed by atoms with Gasteiger partial charge in [0.1, 0.15) is 6.61 Å². The highest BCUT2D eigenvalue weighted by molar-refractivity contribution is 5.32. The van der Waals surface area contributed by atoms with Crippen molar-refractivity contribution in [3.8, 4) is 11.5 Å². The normalized spacial score (nSPS) is 12.0. The third-order valence-corrected chi connectivity index (χ3v) is 3.05. The first-order chi connectivity index (χ1) is 10.0. The van der Waals surface area contributed by atoms with E-state index in [1.807, 2.05) is 0 Å². The van der Waals surface area contributed by atoms with Gasteiger partial charge in [-0.15, -0.1) is 0 Å². The molecule has 0 aliphatic rings. The Labute approximate surface area is 121 Å². The van der Waals surface area contributed by atoms with E-state index in [1.165, 1.54) is 31.4 Å². The van der Waals surface area contributed by atoms with Gasteiger partial charge in [-0.3, -0.25) is 0 Å². The number of methoxy groups -OCH3 is 1. The van der Waals surface area contributed by atoms with E-state index in [0.29, 0.717) is 11.1 Å². The van der Waals surface area contributed by atoms with Crippen molar-refractivity contribution in [3.63, 3.8) is 0 Å². The molecule has 2 rings (SSSR count). The van der Waals surface area contributed by atoms with Crippen LogP contribution in [0.2, 0.25) is 0 Å². The molecule has 2 aromatic carbocycles. The molecule has 0 fully saturated rings. The Morgan fingerprint density at radius 3 is 2.29 bits per heavy atom. The van der Waals surface area contributed by atoms with Gasteiger partial charge in [0.15, 0.2) is 23.1 Å². The summed E-state index contributed by atoms with van der Waals surface area (Å²) < 4.78 is 37.4. The molecule has 0 saturated carbocycles. The number of hydrogen-bond acceptors (Lipinski definition) is 3. The molecule has 0 aliphatic carbocycles. The fourth-order valence-corrected chi connectivity index (χ4v) is 1.85. The molecule has 0 amide bonds. The molecule has 0 spiro atoms. The number of aliphatic hydroxyl groups is 1. The predicted octanol–water partition coefficient (Wildman–Crippen LogP) is 3.61. The molecule has 0 radical (unpaired) electrons. The fourth-order valence-electron chi connectivity index (χ4n) is 1.85. The van der Waals surface area contributed by atoms with Gasteiger partial charge in [-0.1, -0.05) is 12.1 Å². The topological polar surface area (TPSA) is 38.7 Å². The second-order valence-electron chi connectivity index (χ2n) is 4.62. The van der Waals surface area contributed by atoms with Crippen molar-refractivity contribution in [3.05, 3.63) is 59.2 Å². The van der Waals surface area contributed by atoms with Crippen molar-refractivity contribution < 1.29 is 23.4 Å². The van der Waals surface area contributed by atoms with Crippen molar-refractivity contribution in [1.29, 1.82) is 0 Å². The zero-order chi connectivity index (χ0) is 15.4. The first-order valence-corrected chi connectivity index (χ1v) is 6.44. The van der Waals surface area contributed by atoms with Crippen LogP contribution in [0.25, 0.3) is 0 Å². The standard InChI is InChI=1S/C16H16F2O3/c1-10(19)12-4-6-16(14(18)8-12)21-9-11-3-5-15(20-2)13(17)7-11/h3-8,10,19H,9H2,1-2H3/t10-/m0/s1. The quantitative estimate of drug-likeness (QED) is 0.915. The second kappa shape index (κ2) is 6.54. The Hall–Kier alpha value is -2.14. The molecular weight excluding hydrogens is 278 g/mol. The molecule has 112 valence electrons. The molecule has 21 heavy (non-hydrogen) atoms. The third-order valence-electron chi connectivity index (χ3n) is 3.05. The summed E-state index contributed by atoms with van der Waals surface area (Å²) in [5.41, 5.74) is 1.03. The first-order valence-electron chi connectivity index (χ1n) is 6.44. The summed E-state index contributed by atoms with van der Waals surface area (Å²) in [7, 11) is 1.38. The van der Waals surface area contributed by atoms with Crippen LogP contribution in [-0.4, -0.2) is 12.2 Å². The highest BCUT2D eigenvalue weighted by Gasteiger charge is 2.09. The molecule has 3 nitrogen and oxygen atoms in total. The predicted molar refractivity (Wildman–Crippen MR) is 74.3 cm³/mol. The molecule has 0 saturated heterocycles. The monoisotopic (exact) mass is 294 g/mol. The molecule has 5 heteroatoms. The summed E-state index contributed by atoms with van der Waals surface area (Å²) in [6.07, 6.45) is -0.746. The van der Waals surface area contributed by atoms with Crippen LogP contribution in [0, 0.1) is 11.6 Å². The summed E-state index contributed by atoms with van der Waals surface area (Å²) in [6.45, 7) is 1.58. The van der Waals surface area contributed by atoms with Gasteiger partial charge < -0.3 is 14.6 Å². The van der Waals surface area contributed by atoms with Gasteiger partial charge in [-0.25, -0.2) is 8.78 Å². The maximum Gasteiger partial charge on any atom is 0.165 e. The Bertz CT molecular complexity index is 627.